The second kappa shape index (κ2) is 6.38. The summed E-state index contributed by atoms with van der Waals surface area (Å²) in [5, 5.41) is 3.48. The highest BCUT2D eigenvalue weighted by Crippen LogP contribution is 2.36. The van der Waals surface area contributed by atoms with Gasteiger partial charge in [0, 0.05) is 6.54 Å². The average Bonchev–Trinajstić information content (AvgIpc) is 2.46. The van der Waals surface area contributed by atoms with Crippen LogP contribution in [0.3, 0.4) is 0 Å². The Morgan fingerprint density at radius 1 is 0.889 bits per heavy atom. The van der Waals surface area contributed by atoms with Crippen LogP contribution in [0.25, 0.3) is 0 Å². The van der Waals surface area contributed by atoms with Gasteiger partial charge in [-0.2, -0.15) is 0 Å². The quantitative estimate of drug-likeness (QED) is 0.828. The Morgan fingerprint density at radius 3 is 2.50 bits per heavy atom. The third-order valence-corrected chi connectivity index (χ3v) is 5.69. The van der Waals surface area contributed by atoms with E-state index in [2.05, 4.69) is 10.2 Å². The molecular formula is C16H30N2. The number of rotatable bonds is 3. The molecule has 0 aromatic carbocycles. The number of nitrogens with one attached hydrogen (secondary N) is 1. The molecule has 0 radical (unpaired) electrons. The van der Waals surface area contributed by atoms with Crippen molar-refractivity contribution in [1.82, 2.24) is 10.2 Å². The van der Waals surface area contributed by atoms with Crippen molar-refractivity contribution in [3.8, 4) is 0 Å². The van der Waals surface area contributed by atoms with Crippen LogP contribution in [-0.4, -0.2) is 37.6 Å². The van der Waals surface area contributed by atoms with E-state index in [1.165, 1.54) is 84.1 Å². The Balaban J connectivity index is 1.40. The van der Waals surface area contributed by atoms with Gasteiger partial charge in [-0.15, -0.1) is 0 Å². The van der Waals surface area contributed by atoms with Crippen molar-refractivity contribution >= 4 is 0 Å². The molecule has 104 valence electrons. The largest absolute Gasteiger partial charge is 0.317 e. The van der Waals surface area contributed by atoms with Gasteiger partial charge in [0.25, 0.3) is 0 Å². The summed E-state index contributed by atoms with van der Waals surface area (Å²) < 4.78 is 0. The molecule has 2 nitrogen and oxygen atoms in total. The number of nitrogens with zero attached hydrogens (tertiary/aromatic N) is 1. The van der Waals surface area contributed by atoms with Gasteiger partial charge >= 0.3 is 0 Å². The van der Waals surface area contributed by atoms with Crippen LogP contribution in [0.1, 0.15) is 51.4 Å². The van der Waals surface area contributed by atoms with Gasteiger partial charge in [0.15, 0.2) is 0 Å². The van der Waals surface area contributed by atoms with E-state index in [0.29, 0.717) is 0 Å². The van der Waals surface area contributed by atoms with Crippen molar-refractivity contribution in [3.63, 3.8) is 0 Å². The molecule has 3 fully saturated rings. The normalized spacial score (nSPS) is 35.3. The summed E-state index contributed by atoms with van der Waals surface area (Å²) in [6, 6.07) is 0. The van der Waals surface area contributed by atoms with E-state index in [1.807, 2.05) is 0 Å². The predicted octanol–water partition coefficient (Wildman–Crippen LogP) is 2.89. The summed E-state index contributed by atoms with van der Waals surface area (Å²) in [6.07, 6.45) is 11.9. The molecule has 2 aliphatic heterocycles. The fraction of sp³-hybridized carbons (Fsp3) is 1.00. The van der Waals surface area contributed by atoms with E-state index >= 15 is 0 Å². The lowest BCUT2D eigenvalue weighted by atomic mass is 9.75. The van der Waals surface area contributed by atoms with Crippen LogP contribution in [0.15, 0.2) is 0 Å². The monoisotopic (exact) mass is 250 g/mol. The van der Waals surface area contributed by atoms with Gasteiger partial charge < -0.3 is 10.2 Å². The van der Waals surface area contributed by atoms with Crippen molar-refractivity contribution < 1.29 is 0 Å². The standard InChI is InChI=1S/C16H30N2/c1-2-4-16-13-18(12-8-15(16)3-1)11-7-14-5-9-17-10-6-14/h14-17H,1-13H2/t15-,16-/m0/s1. The van der Waals surface area contributed by atoms with Crippen molar-refractivity contribution in [1.29, 1.82) is 0 Å². The van der Waals surface area contributed by atoms with E-state index in [4.69, 9.17) is 0 Å². The van der Waals surface area contributed by atoms with Crippen molar-refractivity contribution in [2.75, 3.05) is 32.7 Å². The minimum Gasteiger partial charge on any atom is -0.317 e. The topological polar surface area (TPSA) is 15.3 Å². The lowest BCUT2D eigenvalue weighted by molar-refractivity contribution is 0.0814. The van der Waals surface area contributed by atoms with Crippen LogP contribution in [0, 0.1) is 17.8 Å². The molecule has 0 aromatic heterocycles. The molecule has 1 saturated carbocycles. The second-order valence-electron chi connectivity index (χ2n) is 6.88. The molecule has 2 heteroatoms. The van der Waals surface area contributed by atoms with Crippen LogP contribution < -0.4 is 5.32 Å². The average molecular weight is 250 g/mol. The maximum Gasteiger partial charge on any atom is 0.00123 e. The lowest BCUT2D eigenvalue weighted by Crippen LogP contribution is -2.42. The SMILES string of the molecule is C1CC[C@H]2CN(CCC3CCNCC3)CC[C@@H]2C1. The highest BCUT2D eigenvalue weighted by molar-refractivity contribution is 4.84. The zero-order chi connectivity index (χ0) is 12.2. The first-order valence-corrected chi connectivity index (χ1v) is 8.35. The first-order chi connectivity index (χ1) is 8.92. The summed E-state index contributed by atoms with van der Waals surface area (Å²) >= 11 is 0. The van der Waals surface area contributed by atoms with Crippen LogP contribution in [0.5, 0.6) is 0 Å². The second-order valence-corrected chi connectivity index (χ2v) is 6.88. The van der Waals surface area contributed by atoms with Gasteiger partial charge in [-0.05, 0) is 76.0 Å². The minimum absolute atomic E-state index is 1.01. The maximum absolute atomic E-state index is 3.48. The van der Waals surface area contributed by atoms with Crippen LogP contribution in [0.4, 0.5) is 0 Å². The number of hydrogen-bond donors (Lipinski definition) is 1. The Hall–Kier alpha value is -0.0800. The minimum atomic E-state index is 1.01. The van der Waals surface area contributed by atoms with E-state index in [1.54, 1.807) is 0 Å². The lowest BCUT2D eigenvalue weighted by Gasteiger charge is -2.41. The molecule has 2 heterocycles. The molecular weight excluding hydrogens is 220 g/mol. The molecule has 1 N–H and O–H groups in total. The Morgan fingerprint density at radius 2 is 1.67 bits per heavy atom. The number of fused-ring (bicyclic) bond motifs is 1. The van der Waals surface area contributed by atoms with E-state index in [-0.39, 0.29) is 0 Å². The van der Waals surface area contributed by atoms with Gasteiger partial charge in [0.1, 0.15) is 0 Å². The van der Waals surface area contributed by atoms with Gasteiger partial charge in [-0.25, -0.2) is 0 Å². The molecule has 18 heavy (non-hydrogen) atoms. The third-order valence-electron chi connectivity index (χ3n) is 5.69. The summed E-state index contributed by atoms with van der Waals surface area (Å²) in [5.41, 5.74) is 0. The third kappa shape index (κ3) is 3.27. The van der Waals surface area contributed by atoms with Gasteiger partial charge in [-0.3, -0.25) is 0 Å². The molecule has 0 unspecified atom stereocenters. The fourth-order valence-electron chi connectivity index (χ4n) is 4.41. The summed E-state index contributed by atoms with van der Waals surface area (Å²) in [6.45, 7) is 6.72. The van der Waals surface area contributed by atoms with Crippen LogP contribution in [0.2, 0.25) is 0 Å². The molecule has 1 aliphatic carbocycles. The van der Waals surface area contributed by atoms with Crippen molar-refractivity contribution in [2.45, 2.75) is 51.4 Å². The Bertz CT molecular complexity index is 247. The molecule has 3 aliphatic rings. The zero-order valence-electron chi connectivity index (χ0n) is 11.9. The molecule has 0 spiro atoms. The molecule has 3 rings (SSSR count). The molecule has 0 aromatic rings. The number of piperidine rings is 2. The van der Waals surface area contributed by atoms with Crippen molar-refractivity contribution in [3.05, 3.63) is 0 Å². The number of hydrogen-bond acceptors (Lipinski definition) is 2. The Labute approximate surface area is 113 Å². The van der Waals surface area contributed by atoms with Crippen LogP contribution in [-0.2, 0) is 0 Å². The fourth-order valence-corrected chi connectivity index (χ4v) is 4.41. The number of likely N-dealkylation sites (tertiary alicyclic amines) is 1. The first kappa shape index (κ1) is 12.9. The summed E-state index contributed by atoms with van der Waals surface area (Å²) in [4.78, 5) is 2.79. The maximum atomic E-state index is 3.48. The van der Waals surface area contributed by atoms with E-state index in [9.17, 15) is 0 Å². The van der Waals surface area contributed by atoms with E-state index < -0.39 is 0 Å². The smallest absolute Gasteiger partial charge is 0.00123 e. The Kier molecular flexibility index (Phi) is 4.58. The van der Waals surface area contributed by atoms with Crippen LogP contribution >= 0.6 is 0 Å². The summed E-state index contributed by atoms with van der Waals surface area (Å²) in [7, 11) is 0. The van der Waals surface area contributed by atoms with Crippen molar-refractivity contribution in [2.24, 2.45) is 17.8 Å². The predicted molar refractivity (Wildman–Crippen MR) is 76.7 cm³/mol. The molecule has 0 bridgehead atoms. The van der Waals surface area contributed by atoms with E-state index in [0.717, 1.165) is 17.8 Å². The molecule has 0 amide bonds. The zero-order valence-corrected chi connectivity index (χ0v) is 11.9. The van der Waals surface area contributed by atoms with Gasteiger partial charge in [0.05, 0.1) is 0 Å². The highest BCUT2D eigenvalue weighted by atomic mass is 15.1. The van der Waals surface area contributed by atoms with Gasteiger partial charge in [-0.1, -0.05) is 19.3 Å². The highest BCUT2D eigenvalue weighted by Gasteiger charge is 2.30. The first-order valence-electron chi connectivity index (χ1n) is 8.35. The molecule has 2 saturated heterocycles. The molecule has 2 atom stereocenters. The van der Waals surface area contributed by atoms with Gasteiger partial charge in [0.2, 0.25) is 0 Å². The summed E-state index contributed by atoms with van der Waals surface area (Å²) in [5.74, 6) is 3.16.